The van der Waals surface area contributed by atoms with E-state index >= 15 is 0 Å². The molecule has 1 aromatic heterocycles. The van der Waals surface area contributed by atoms with Crippen molar-refractivity contribution < 1.29 is 20.1 Å². The number of aromatic nitrogens is 2. The molecule has 0 radical (unpaired) electrons. The Labute approximate surface area is 291 Å². The molecule has 2 atom stereocenters. The standard InChI is InChI=1S/C21H18N2O.C18H16N2.C3H6O3/c1-14(24)21-22-19-17(15-8-4-2-5-9-15)12-13-18(20(19)23-21)16-10-6-3-7-11-16;19-17-15(13-7-3-1-4-8-13)11-12-16(18(17)20)14-9-5-2-6-10-14;1-2(4)3(5)6/h2-14,24H,1H3,(H,22,23);1-12H,19-20H2;2,4H,1H3,(H,5,6). The average molecular weight is 665 g/mol. The van der Waals surface area contributed by atoms with Crippen molar-refractivity contribution in [1.82, 2.24) is 9.97 Å². The number of nitrogens with one attached hydrogen (secondary N) is 1. The number of hydrogen-bond donors (Lipinski definition) is 6. The lowest BCUT2D eigenvalue weighted by molar-refractivity contribution is -0.145. The number of H-pyrrole nitrogens is 1. The topological polar surface area (TPSA) is 158 Å². The number of carbonyl (C=O) groups is 1. The van der Waals surface area contributed by atoms with Crippen LogP contribution in [-0.4, -0.2) is 37.4 Å². The van der Waals surface area contributed by atoms with Gasteiger partial charge in [-0.1, -0.05) is 146 Å². The van der Waals surface area contributed by atoms with Crippen LogP contribution >= 0.6 is 0 Å². The molecule has 8 N–H and O–H groups in total. The highest BCUT2D eigenvalue weighted by Crippen LogP contribution is 2.38. The summed E-state index contributed by atoms with van der Waals surface area (Å²) in [5, 5.41) is 25.7. The smallest absolute Gasteiger partial charge is 0.332 e. The molecule has 0 amide bonds. The monoisotopic (exact) mass is 664 g/mol. The van der Waals surface area contributed by atoms with Crippen molar-refractivity contribution in [2.75, 3.05) is 11.5 Å². The summed E-state index contributed by atoms with van der Waals surface area (Å²) in [6.45, 7) is 2.92. The van der Waals surface area contributed by atoms with Gasteiger partial charge in [-0.3, -0.25) is 0 Å². The Hall–Kier alpha value is -6.22. The molecule has 0 saturated heterocycles. The fraction of sp³-hybridized carbons (Fsp3) is 0.0952. The normalized spacial score (nSPS) is 11.8. The van der Waals surface area contributed by atoms with Crippen molar-refractivity contribution in [2.24, 2.45) is 0 Å². The van der Waals surface area contributed by atoms with Crippen LogP contribution in [0.25, 0.3) is 55.5 Å². The lowest BCUT2D eigenvalue weighted by Gasteiger charge is -2.13. The number of nitrogen functional groups attached to an aromatic ring is 2. The number of benzene rings is 6. The van der Waals surface area contributed by atoms with Crippen LogP contribution in [0.3, 0.4) is 0 Å². The summed E-state index contributed by atoms with van der Waals surface area (Å²) in [6.07, 6.45) is -1.87. The molecule has 6 aromatic carbocycles. The van der Waals surface area contributed by atoms with Gasteiger partial charge < -0.3 is 31.8 Å². The van der Waals surface area contributed by atoms with Crippen molar-refractivity contribution in [3.05, 3.63) is 151 Å². The van der Waals surface area contributed by atoms with E-state index in [1.54, 1.807) is 6.92 Å². The molecule has 1 heterocycles. The van der Waals surface area contributed by atoms with E-state index < -0.39 is 18.2 Å². The Morgan fingerprint density at radius 2 is 0.880 bits per heavy atom. The Balaban J connectivity index is 0.000000170. The van der Waals surface area contributed by atoms with Crippen LogP contribution in [0.2, 0.25) is 0 Å². The number of anilines is 2. The van der Waals surface area contributed by atoms with Gasteiger partial charge in [0.05, 0.1) is 22.4 Å². The maximum absolute atomic E-state index is 9.95. The molecule has 7 rings (SSSR count). The Morgan fingerprint density at radius 1 is 0.560 bits per heavy atom. The van der Waals surface area contributed by atoms with Gasteiger partial charge in [0.25, 0.3) is 0 Å². The number of aliphatic hydroxyl groups excluding tert-OH is 2. The minimum atomic E-state index is -1.23. The zero-order valence-corrected chi connectivity index (χ0v) is 27.9. The second-order valence-electron chi connectivity index (χ2n) is 11.6. The zero-order chi connectivity index (χ0) is 35.6. The fourth-order valence-corrected chi connectivity index (χ4v) is 5.39. The number of nitrogens with zero attached hydrogens (tertiary/aromatic N) is 1. The summed E-state index contributed by atoms with van der Waals surface area (Å²) < 4.78 is 0. The predicted octanol–water partition coefficient (Wildman–Crippen LogP) is 8.59. The second-order valence-corrected chi connectivity index (χ2v) is 11.6. The van der Waals surface area contributed by atoms with Crippen molar-refractivity contribution in [3.8, 4) is 44.5 Å². The summed E-state index contributed by atoms with van der Waals surface area (Å²) >= 11 is 0. The van der Waals surface area contributed by atoms with E-state index in [4.69, 9.17) is 21.7 Å². The second kappa shape index (κ2) is 16.3. The quantitative estimate of drug-likeness (QED) is 0.0972. The summed E-state index contributed by atoms with van der Waals surface area (Å²) in [7, 11) is 0. The van der Waals surface area contributed by atoms with E-state index in [1.807, 2.05) is 109 Å². The molecule has 7 aromatic rings. The van der Waals surface area contributed by atoms with Crippen molar-refractivity contribution in [1.29, 1.82) is 0 Å². The maximum Gasteiger partial charge on any atom is 0.332 e. The molecule has 0 aliphatic rings. The van der Waals surface area contributed by atoms with Gasteiger partial charge in [0, 0.05) is 22.3 Å². The molecule has 0 aliphatic heterocycles. The van der Waals surface area contributed by atoms with Gasteiger partial charge in [-0.2, -0.15) is 0 Å². The van der Waals surface area contributed by atoms with Crippen molar-refractivity contribution >= 4 is 28.4 Å². The van der Waals surface area contributed by atoms with Gasteiger partial charge in [0.1, 0.15) is 18.0 Å². The van der Waals surface area contributed by atoms with Gasteiger partial charge in [0.2, 0.25) is 0 Å². The van der Waals surface area contributed by atoms with Crippen LogP contribution in [0.4, 0.5) is 11.4 Å². The van der Waals surface area contributed by atoms with Gasteiger partial charge in [-0.05, 0) is 36.1 Å². The molecule has 0 aliphatic carbocycles. The maximum atomic E-state index is 9.95. The number of imidazole rings is 1. The SMILES string of the molecule is CC(O)C(=O)O.CC(O)c1nc2c(-c3ccccc3)ccc(-c3ccccc3)c2[nH]1.Nc1c(-c2ccccc2)ccc(-c2ccccc2)c1N. The lowest BCUT2D eigenvalue weighted by atomic mass is 9.96. The number of aliphatic hydroxyl groups is 2. The first kappa shape index (κ1) is 35.1. The molecule has 0 saturated carbocycles. The number of carboxylic acid groups (broad SMARTS) is 1. The Bertz CT molecular complexity index is 2010. The molecule has 252 valence electrons. The molecule has 50 heavy (non-hydrogen) atoms. The molecular weight excluding hydrogens is 624 g/mol. The third kappa shape index (κ3) is 8.25. The van der Waals surface area contributed by atoms with Crippen LogP contribution in [0.15, 0.2) is 146 Å². The number of aliphatic carboxylic acids is 1. The Morgan fingerprint density at radius 3 is 1.24 bits per heavy atom. The first-order chi connectivity index (χ1) is 24.2. The number of nitrogens with two attached hydrogens (primary N) is 2. The minimum Gasteiger partial charge on any atom is -0.479 e. The molecule has 8 heteroatoms. The zero-order valence-electron chi connectivity index (χ0n) is 27.9. The van der Waals surface area contributed by atoms with Crippen molar-refractivity contribution in [3.63, 3.8) is 0 Å². The first-order valence-corrected chi connectivity index (χ1v) is 16.2. The van der Waals surface area contributed by atoms with Crippen LogP contribution in [0.1, 0.15) is 25.8 Å². The molecule has 8 nitrogen and oxygen atoms in total. The number of fused-ring (bicyclic) bond motifs is 1. The fourth-order valence-electron chi connectivity index (χ4n) is 5.39. The van der Waals surface area contributed by atoms with E-state index in [9.17, 15) is 9.90 Å². The van der Waals surface area contributed by atoms with Crippen LogP contribution < -0.4 is 11.5 Å². The third-order valence-corrected chi connectivity index (χ3v) is 8.04. The highest BCUT2D eigenvalue weighted by molar-refractivity contribution is 6.01. The predicted molar refractivity (Wildman–Crippen MR) is 203 cm³/mol. The summed E-state index contributed by atoms with van der Waals surface area (Å²) in [5.41, 5.74) is 24.1. The number of aromatic amines is 1. The molecule has 0 spiro atoms. The van der Waals surface area contributed by atoms with Crippen LogP contribution in [0.5, 0.6) is 0 Å². The average Bonchev–Trinajstić information content (AvgIpc) is 3.61. The third-order valence-electron chi connectivity index (χ3n) is 8.04. The molecule has 0 fully saturated rings. The van der Waals surface area contributed by atoms with E-state index in [0.717, 1.165) is 55.5 Å². The van der Waals surface area contributed by atoms with Gasteiger partial charge in [-0.25, -0.2) is 9.78 Å². The van der Waals surface area contributed by atoms with E-state index in [0.29, 0.717) is 17.2 Å². The number of hydrogen-bond acceptors (Lipinski definition) is 6. The summed E-state index contributed by atoms with van der Waals surface area (Å²) in [4.78, 5) is 17.4. The highest BCUT2D eigenvalue weighted by Gasteiger charge is 2.16. The largest absolute Gasteiger partial charge is 0.479 e. The Kier molecular flexibility index (Phi) is 11.4. The summed E-state index contributed by atoms with van der Waals surface area (Å²) in [6, 6.07) is 48.8. The highest BCUT2D eigenvalue weighted by atomic mass is 16.4. The van der Waals surface area contributed by atoms with Gasteiger partial charge >= 0.3 is 5.97 Å². The molecule has 0 bridgehead atoms. The minimum absolute atomic E-state index is 0.588. The van der Waals surface area contributed by atoms with E-state index in [2.05, 4.69) is 46.4 Å². The van der Waals surface area contributed by atoms with Crippen LogP contribution in [0, 0.1) is 0 Å². The van der Waals surface area contributed by atoms with Gasteiger partial charge in [0.15, 0.2) is 0 Å². The van der Waals surface area contributed by atoms with Crippen LogP contribution in [-0.2, 0) is 4.79 Å². The molecular formula is C42H40N4O4. The summed E-state index contributed by atoms with van der Waals surface area (Å²) in [5.74, 6) is -0.597. The number of rotatable bonds is 6. The van der Waals surface area contributed by atoms with E-state index in [-0.39, 0.29) is 0 Å². The lowest BCUT2D eigenvalue weighted by Crippen LogP contribution is -2.13. The van der Waals surface area contributed by atoms with Gasteiger partial charge in [-0.15, -0.1) is 0 Å². The van der Waals surface area contributed by atoms with E-state index in [1.165, 1.54) is 6.92 Å². The number of carboxylic acids is 1. The molecule has 2 unspecified atom stereocenters. The van der Waals surface area contributed by atoms with Crippen molar-refractivity contribution in [2.45, 2.75) is 26.1 Å². The first-order valence-electron chi connectivity index (χ1n) is 16.2.